The number of carbonyl (C=O) groups is 2. The number of aliphatic carboxylic acids is 1. The standard InChI is InChI=1S/C24H20F3NO4/c1-16(22(29)30)28(23(31)32-15-17-7-3-2-4-8-17)21-10-6-5-9-20(21)18-11-13-19(14-12-18)24(25,26)27/h2-14,16H,15H2,1H3,(H,29,30)/t16-/m0/s1. The Morgan fingerprint density at radius 3 is 2.12 bits per heavy atom. The predicted octanol–water partition coefficient (Wildman–Crippen LogP) is 5.99. The first kappa shape index (κ1) is 22.9. The van der Waals surface area contributed by atoms with Gasteiger partial charge in [0.25, 0.3) is 0 Å². The fourth-order valence-electron chi connectivity index (χ4n) is 3.13. The Morgan fingerprint density at radius 2 is 1.53 bits per heavy atom. The zero-order valence-corrected chi connectivity index (χ0v) is 17.0. The Morgan fingerprint density at radius 1 is 0.938 bits per heavy atom. The molecule has 3 aromatic rings. The van der Waals surface area contributed by atoms with E-state index >= 15 is 0 Å². The number of benzene rings is 3. The van der Waals surface area contributed by atoms with Crippen molar-refractivity contribution >= 4 is 17.7 Å². The first-order valence-electron chi connectivity index (χ1n) is 9.68. The summed E-state index contributed by atoms with van der Waals surface area (Å²) >= 11 is 0. The molecule has 0 unspecified atom stereocenters. The van der Waals surface area contributed by atoms with Crippen LogP contribution in [0.4, 0.5) is 23.7 Å². The van der Waals surface area contributed by atoms with Crippen LogP contribution in [-0.4, -0.2) is 23.2 Å². The van der Waals surface area contributed by atoms with Crippen molar-refractivity contribution in [1.82, 2.24) is 0 Å². The fraction of sp³-hybridized carbons (Fsp3) is 0.167. The summed E-state index contributed by atoms with van der Waals surface area (Å²) in [4.78, 5) is 25.6. The maximum absolute atomic E-state index is 12.9. The number of rotatable bonds is 6. The Bertz CT molecular complexity index is 1080. The normalized spacial score (nSPS) is 12.1. The van der Waals surface area contributed by atoms with Gasteiger partial charge in [0, 0.05) is 5.56 Å². The highest BCUT2D eigenvalue weighted by Crippen LogP contribution is 2.35. The molecule has 0 fully saturated rings. The molecule has 0 aromatic heterocycles. The van der Waals surface area contributed by atoms with E-state index in [2.05, 4.69) is 0 Å². The largest absolute Gasteiger partial charge is 0.480 e. The number of amides is 1. The first-order chi connectivity index (χ1) is 15.2. The molecule has 0 aliphatic rings. The number of carbonyl (C=O) groups excluding carboxylic acids is 1. The molecule has 8 heteroatoms. The molecular weight excluding hydrogens is 423 g/mol. The summed E-state index contributed by atoms with van der Waals surface area (Å²) in [6.45, 7) is 1.26. The van der Waals surface area contributed by atoms with Crippen LogP contribution >= 0.6 is 0 Å². The van der Waals surface area contributed by atoms with Crippen LogP contribution in [0.15, 0.2) is 78.9 Å². The van der Waals surface area contributed by atoms with Crippen LogP contribution in [0.2, 0.25) is 0 Å². The van der Waals surface area contributed by atoms with Gasteiger partial charge >= 0.3 is 18.2 Å². The van der Waals surface area contributed by atoms with Crippen molar-refractivity contribution in [2.75, 3.05) is 4.90 Å². The molecule has 0 saturated heterocycles. The number of para-hydroxylation sites is 1. The van der Waals surface area contributed by atoms with E-state index in [-0.39, 0.29) is 12.3 Å². The van der Waals surface area contributed by atoms with Crippen LogP contribution in [0, 0.1) is 0 Å². The van der Waals surface area contributed by atoms with Crippen molar-refractivity contribution in [3.05, 3.63) is 90.0 Å². The third-order valence-corrected chi connectivity index (χ3v) is 4.83. The molecule has 1 amide bonds. The van der Waals surface area contributed by atoms with Gasteiger partial charge in [-0.05, 0) is 36.2 Å². The third kappa shape index (κ3) is 5.26. The number of nitrogens with zero attached hydrogens (tertiary/aromatic N) is 1. The minimum absolute atomic E-state index is 0.0645. The van der Waals surface area contributed by atoms with E-state index in [9.17, 15) is 27.9 Å². The number of ether oxygens (including phenoxy) is 1. The molecule has 32 heavy (non-hydrogen) atoms. The van der Waals surface area contributed by atoms with Crippen molar-refractivity contribution in [2.45, 2.75) is 25.7 Å². The van der Waals surface area contributed by atoms with Gasteiger partial charge in [-0.3, -0.25) is 4.90 Å². The molecule has 0 radical (unpaired) electrons. The highest BCUT2D eigenvalue weighted by atomic mass is 19.4. The Labute approximate surface area is 182 Å². The van der Waals surface area contributed by atoms with E-state index in [0.717, 1.165) is 22.6 Å². The molecule has 1 atom stereocenters. The minimum Gasteiger partial charge on any atom is -0.480 e. The molecule has 166 valence electrons. The SMILES string of the molecule is C[C@@H](C(=O)O)N(C(=O)OCc1ccccc1)c1ccccc1-c1ccc(C(F)(F)F)cc1. The van der Waals surface area contributed by atoms with Gasteiger partial charge in [-0.2, -0.15) is 13.2 Å². The first-order valence-corrected chi connectivity index (χ1v) is 9.68. The molecule has 0 aliphatic carbocycles. The van der Waals surface area contributed by atoms with Gasteiger partial charge in [0.2, 0.25) is 0 Å². The summed E-state index contributed by atoms with van der Waals surface area (Å²) in [6.07, 6.45) is -5.37. The number of hydrogen-bond acceptors (Lipinski definition) is 3. The second kappa shape index (κ2) is 9.55. The number of carboxylic acids is 1. The van der Waals surface area contributed by atoms with Crippen molar-refractivity contribution in [3.8, 4) is 11.1 Å². The molecule has 0 bridgehead atoms. The highest BCUT2D eigenvalue weighted by molar-refractivity contribution is 5.99. The Hall–Kier alpha value is -3.81. The zero-order valence-electron chi connectivity index (χ0n) is 17.0. The van der Waals surface area contributed by atoms with Gasteiger partial charge in [0.1, 0.15) is 12.6 Å². The number of alkyl halides is 3. The molecule has 0 spiro atoms. The molecule has 0 saturated carbocycles. The number of anilines is 1. The predicted molar refractivity (Wildman–Crippen MR) is 113 cm³/mol. The summed E-state index contributed by atoms with van der Waals surface area (Å²) in [5, 5.41) is 9.56. The van der Waals surface area contributed by atoms with Crippen LogP contribution in [0.3, 0.4) is 0 Å². The third-order valence-electron chi connectivity index (χ3n) is 4.83. The van der Waals surface area contributed by atoms with Gasteiger partial charge in [-0.15, -0.1) is 0 Å². The van der Waals surface area contributed by atoms with E-state index in [1.807, 2.05) is 6.07 Å². The highest BCUT2D eigenvalue weighted by Gasteiger charge is 2.32. The quantitative estimate of drug-likeness (QED) is 0.508. The van der Waals surface area contributed by atoms with Gasteiger partial charge < -0.3 is 9.84 Å². The Balaban J connectivity index is 1.97. The van der Waals surface area contributed by atoms with Crippen molar-refractivity contribution < 1.29 is 32.6 Å². The Kier molecular flexibility index (Phi) is 6.82. The smallest absolute Gasteiger partial charge is 0.416 e. The second-order valence-corrected chi connectivity index (χ2v) is 7.02. The molecule has 0 heterocycles. The number of halogens is 3. The summed E-state index contributed by atoms with van der Waals surface area (Å²) < 4.78 is 44.1. The molecule has 5 nitrogen and oxygen atoms in total. The topological polar surface area (TPSA) is 66.8 Å². The lowest BCUT2D eigenvalue weighted by atomic mass is 10.0. The van der Waals surface area contributed by atoms with Crippen LogP contribution < -0.4 is 4.90 Å². The van der Waals surface area contributed by atoms with Gasteiger partial charge in [-0.25, -0.2) is 9.59 Å². The summed E-state index contributed by atoms with van der Waals surface area (Å²) in [5.74, 6) is -1.26. The van der Waals surface area contributed by atoms with Crippen LogP contribution in [-0.2, 0) is 22.3 Å². The van der Waals surface area contributed by atoms with Crippen LogP contribution in [0.25, 0.3) is 11.1 Å². The molecule has 0 aliphatic heterocycles. The lowest BCUT2D eigenvalue weighted by molar-refractivity contribution is -0.138. The maximum Gasteiger partial charge on any atom is 0.416 e. The van der Waals surface area contributed by atoms with Gasteiger partial charge in [-0.1, -0.05) is 60.7 Å². The van der Waals surface area contributed by atoms with E-state index in [4.69, 9.17) is 4.74 Å². The summed E-state index contributed by atoms with van der Waals surface area (Å²) in [6, 6.07) is 18.4. The fourth-order valence-corrected chi connectivity index (χ4v) is 3.13. The summed E-state index contributed by atoms with van der Waals surface area (Å²) in [7, 11) is 0. The van der Waals surface area contributed by atoms with Gasteiger partial charge in [0.15, 0.2) is 0 Å². The maximum atomic E-state index is 12.9. The lowest BCUT2D eigenvalue weighted by Crippen LogP contribution is -2.44. The average Bonchev–Trinajstić information content (AvgIpc) is 2.78. The zero-order chi connectivity index (χ0) is 23.3. The molecule has 3 rings (SSSR count). The van der Waals surface area contributed by atoms with Crippen molar-refractivity contribution in [3.63, 3.8) is 0 Å². The summed E-state index contributed by atoms with van der Waals surface area (Å²) in [5.41, 5.74) is 0.912. The van der Waals surface area contributed by atoms with E-state index in [1.54, 1.807) is 42.5 Å². The van der Waals surface area contributed by atoms with Crippen LogP contribution in [0.5, 0.6) is 0 Å². The van der Waals surface area contributed by atoms with E-state index in [1.165, 1.54) is 25.1 Å². The average molecular weight is 443 g/mol. The van der Waals surface area contributed by atoms with Crippen molar-refractivity contribution in [2.24, 2.45) is 0 Å². The van der Waals surface area contributed by atoms with Gasteiger partial charge in [0.05, 0.1) is 11.3 Å². The minimum atomic E-state index is -4.48. The van der Waals surface area contributed by atoms with E-state index in [0.29, 0.717) is 11.1 Å². The van der Waals surface area contributed by atoms with E-state index < -0.39 is 29.8 Å². The number of carboxylic acid groups (broad SMARTS) is 1. The second-order valence-electron chi connectivity index (χ2n) is 7.02. The number of hydrogen-bond donors (Lipinski definition) is 1. The van der Waals surface area contributed by atoms with Crippen molar-refractivity contribution in [1.29, 1.82) is 0 Å². The molecule has 1 N–H and O–H groups in total. The lowest BCUT2D eigenvalue weighted by Gasteiger charge is -2.28. The molecule has 3 aromatic carbocycles. The van der Waals surface area contributed by atoms with Crippen LogP contribution in [0.1, 0.15) is 18.1 Å². The molecular formula is C24H20F3NO4. The monoisotopic (exact) mass is 443 g/mol.